The van der Waals surface area contributed by atoms with Gasteiger partial charge in [-0.05, 0) is 48.2 Å². The van der Waals surface area contributed by atoms with Crippen molar-refractivity contribution < 1.29 is 0 Å². The van der Waals surface area contributed by atoms with Crippen molar-refractivity contribution in [3.8, 4) is 17.1 Å². The highest BCUT2D eigenvalue weighted by atomic mass is 32.2. The molecule has 0 aliphatic rings. The first-order valence-electron chi connectivity index (χ1n) is 9.81. The predicted octanol–water partition coefficient (Wildman–Crippen LogP) is 5.14. The Bertz CT molecular complexity index is 1050. The summed E-state index contributed by atoms with van der Waals surface area (Å²) in [5.74, 6) is 1.55. The second-order valence-corrected chi connectivity index (χ2v) is 7.57. The second-order valence-electron chi connectivity index (χ2n) is 6.63. The first-order chi connectivity index (χ1) is 14.3. The fourth-order valence-electron chi connectivity index (χ4n) is 3.37. The number of nitrogens with zero attached hydrogens (tertiary/aromatic N) is 5. The molecule has 5 nitrogen and oxygen atoms in total. The van der Waals surface area contributed by atoms with E-state index >= 15 is 0 Å². The van der Waals surface area contributed by atoms with Crippen LogP contribution in [0.3, 0.4) is 0 Å². The van der Waals surface area contributed by atoms with Crippen molar-refractivity contribution in [2.75, 3.05) is 0 Å². The SMILES string of the molecule is CCc1cccc(CC)c1-n1c(SCc2ccccn2)nnc1-c1cccnc1. The first kappa shape index (κ1) is 19.3. The molecule has 6 heteroatoms. The van der Waals surface area contributed by atoms with Gasteiger partial charge in [-0.2, -0.15) is 0 Å². The standard InChI is InChI=1S/C23H23N5S/c1-3-17-9-7-10-18(4-2)21(17)28-22(19-11-8-13-24-15-19)26-27-23(28)29-16-20-12-5-6-14-25-20/h5-15H,3-4,16H2,1-2H3. The van der Waals surface area contributed by atoms with Gasteiger partial charge < -0.3 is 0 Å². The maximum Gasteiger partial charge on any atom is 0.196 e. The number of aromatic nitrogens is 5. The molecule has 3 heterocycles. The van der Waals surface area contributed by atoms with E-state index in [4.69, 9.17) is 0 Å². The zero-order valence-corrected chi connectivity index (χ0v) is 17.4. The minimum atomic E-state index is 0.738. The van der Waals surface area contributed by atoms with E-state index in [-0.39, 0.29) is 0 Å². The van der Waals surface area contributed by atoms with Gasteiger partial charge in [0.15, 0.2) is 11.0 Å². The molecule has 0 aliphatic heterocycles. The average Bonchev–Trinajstić information content (AvgIpc) is 3.21. The van der Waals surface area contributed by atoms with Crippen LogP contribution in [-0.2, 0) is 18.6 Å². The van der Waals surface area contributed by atoms with Gasteiger partial charge in [0.25, 0.3) is 0 Å². The van der Waals surface area contributed by atoms with Gasteiger partial charge in [0.2, 0.25) is 0 Å². The maximum absolute atomic E-state index is 4.56. The molecule has 0 atom stereocenters. The van der Waals surface area contributed by atoms with Gasteiger partial charge in [-0.1, -0.05) is 49.9 Å². The molecule has 0 amide bonds. The molecule has 0 aliphatic carbocycles. The minimum Gasteiger partial charge on any atom is -0.269 e. The summed E-state index contributed by atoms with van der Waals surface area (Å²) in [7, 11) is 0. The summed E-state index contributed by atoms with van der Waals surface area (Å²) in [4.78, 5) is 8.73. The smallest absolute Gasteiger partial charge is 0.196 e. The summed E-state index contributed by atoms with van der Waals surface area (Å²) in [5, 5.41) is 9.98. The predicted molar refractivity (Wildman–Crippen MR) is 117 cm³/mol. The topological polar surface area (TPSA) is 56.5 Å². The molecule has 0 fully saturated rings. The third kappa shape index (κ3) is 4.07. The molecule has 146 valence electrons. The van der Waals surface area contributed by atoms with Crippen LogP contribution in [0.25, 0.3) is 17.1 Å². The summed E-state index contributed by atoms with van der Waals surface area (Å²) in [6, 6.07) is 16.5. The third-order valence-electron chi connectivity index (χ3n) is 4.82. The van der Waals surface area contributed by atoms with Crippen molar-refractivity contribution in [3.05, 3.63) is 83.9 Å². The summed E-state index contributed by atoms with van der Waals surface area (Å²) in [5.41, 5.74) is 5.74. The molecule has 4 aromatic rings. The fourth-order valence-corrected chi connectivity index (χ4v) is 4.22. The monoisotopic (exact) mass is 401 g/mol. The molecule has 29 heavy (non-hydrogen) atoms. The highest BCUT2D eigenvalue weighted by Crippen LogP contribution is 2.33. The van der Waals surface area contributed by atoms with Gasteiger partial charge in [0.05, 0.1) is 11.4 Å². The van der Waals surface area contributed by atoms with Crippen LogP contribution in [0.1, 0.15) is 30.7 Å². The maximum atomic E-state index is 4.56. The quantitative estimate of drug-likeness (QED) is 0.401. The molecule has 0 spiro atoms. The molecule has 3 aromatic heterocycles. The first-order valence-corrected chi connectivity index (χ1v) is 10.8. The van der Waals surface area contributed by atoms with Gasteiger partial charge in [-0.3, -0.25) is 14.5 Å². The summed E-state index contributed by atoms with van der Waals surface area (Å²) < 4.78 is 2.20. The van der Waals surface area contributed by atoms with Crippen molar-refractivity contribution in [1.82, 2.24) is 24.7 Å². The lowest BCUT2D eigenvalue weighted by molar-refractivity contribution is 0.857. The van der Waals surface area contributed by atoms with E-state index in [0.717, 1.165) is 40.8 Å². The van der Waals surface area contributed by atoms with Crippen LogP contribution in [0.15, 0.2) is 72.3 Å². The van der Waals surface area contributed by atoms with Crippen molar-refractivity contribution in [2.45, 2.75) is 37.6 Å². The highest BCUT2D eigenvalue weighted by molar-refractivity contribution is 7.98. The van der Waals surface area contributed by atoms with Gasteiger partial charge in [-0.15, -0.1) is 10.2 Å². The minimum absolute atomic E-state index is 0.738. The number of pyridine rings is 2. The van der Waals surface area contributed by atoms with Gasteiger partial charge >= 0.3 is 0 Å². The van der Waals surface area contributed by atoms with Gasteiger partial charge in [-0.25, -0.2) is 0 Å². The number of para-hydroxylation sites is 1. The van der Waals surface area contributed by atoms with E-state index in [2.05, 4.69) is 56.8 Å². The number of aryl methyl sites for hydroxylation is 2. The molecule has 0 saturated carbocycles. The largest absolute Gasteiger partial charge is 0.269 e. The van der Waals surface area contributed by atoms with E-state index < -0.39 is 0 Å². The molecular weight excluding hydrogens is 378 g/mol. The summed E-state index contributed by atoms with van der Waals surface area (Å²) >= 11 is 1.66. The van der Waals surface area contributed by atoms with Crippen LogP contribution in [0, 0.1) is 0 Å². The normalized spacial score (nSPS) is 11.0. The Balaban J connectivity index is 1.85. The molecular formula is C23H23N5S. The Morgan fingerprint density at radius 3 is 2.34 bits per heavy atom. The van der Waals surface area contributed by atoms with E-state index in [1.54, 1.807) is 18.0 Å². The van der Waals surface area contributed by atoms with Crippen LogP contribution in [0.4, 0.5) is 0 Å². The Kier molecular flexibility index (Phi) is 6.00. The number of hydrogen-bond acceptors (Lipinski definition) is 5. The molecule has 0 N–H and O–H groups in total. The molecule has 0 saturated heterocycles. The van der Waals surface area contributed by atoms with Crippen LogP contribution in [0.5, 0.6) is 0 Å². The summed E-state index contributed by atoms with van der Waals surface area (Å²) in [6.45, 7) is 4.38. The van der Waals surface area contributed by atoms with Crippen LogP contribution < -0.4 is 0 Å². The van der Waals surface area contributed by atoms with Crippen LogP contribution in [0.2, 0.25) is 0 Å². The van der Waals surface area contributed by atoms with Crippen LogP contribution in [-0.4, -0.2) is 24.7 Å². The molecule has 0 unspecified atom stereocenters. The van der Waals surface area contributed by atoms with E-state index in [1.165, 1.54) is 16.8 Å². The fraction of sp³-hybridized carbons (Fsp3) is 0.217. The zero-order valence-electron chi connectivity index (χ0n) is 16.6. The number of hydrogen-bond donors (Lipinski definition) is 0. The third-order valence-corrected chi connectivity index (χ3v) is 5.78. The Morgan fingerprint density at radius 2 is 1.69 bits per heavy atom. The molecule has 1 aromatic carbocycles. The van der Waals surface area contributed by atoms with Crippen molar-refractivity contribution >= 4 is 11.8 Å². The average molecular weight is 402 g/mol. The molecule has 4 rings (SSSR count). The Morgan fingerprint density at radius 1 is 0.862 bits per heavy atom. The lowest BCUT2D eigenvalue weighted by atomic mass is 10.0. The number of rotatable bonds is 7. The van der Waals surface area contributed by atoms with E-state index in [0.29, 0.717) is 0 Å². The second kappa shape index (κ2) is 9.01. The highest BCUT2D eigenvalue weighted by Gasteiger charge is 2.20. The van der Waals surface area contributed by atoms with Crippen molar-refractivity contribution in [1.29, 1.82) is 0 Å². The number of thioether (sulfide) groups is 1. The van der Waals surface area contributed by atoms with E-state index in [9.17, 15) is 0 Å². The molecule has 0 bridgehead atoms. The van der Waals surface area contributed by atoms with Crippen molar-refractivity contribution in [2.24, 2.45) is 0 Å². The number of benzene rings is 1. The lowest BCUT2D eigenvalue weighted by Crippen LogP contribution is -2.07. The van der Waals surface area contributed by atoms with Crippen LogP contribution >= 0.6 is 11.8 Å². The van der Waals surface area contributed by atoms with Gasteiger partial charge in [0, 0.05) is 29.9 Å². The Labute approximate surface area is 175 Å². The van der Waals surface area contributed by atoms with Gasteiger partial charge in [0.1, 0.15) is 0 Å². The van der Waals surface area contributed by atoms with Crippen molar-refractivity contribution in [3.63, 3.8) is 0 Å². The lowest BCUT2D eigenvalue weighted by Gasteiger charge is -2.17. The van der Waals surface area contributed by atoms with E-state index in [1.807, 2.05) is 42.7 Å². The zero-order chi connectivity index (χ0) is 20.1. The molecule has 0 radical (unpaired) electrons. The Hall–Kier alpha value is -2.99. The summed E-state index contributed by atoms with van der Waals surface area (Å²) in [6.07, 6.45) is 7.33.